The summed E-state index contributed by atoms with van der Waals surface area (Å²) in [5.74, 6) is -0.628. The van der Waals surface area contributed by atoms with E-state index in [4.69, 9.17) is 16.3 Å². The minimum atomic E-state index is -0.651. The number of hydrogen-bond acceptors (Lipinski definition) is 6. The SMILES string of the molecule is COC(=O)CC(=O)Nc1ccc(-c2nc(C(Cc3ccccc3)NC(=O)OC(C)(C)C)[nH]c2Cl)cc1. The van der Waals surface area contributed by atoms with E-state index in [2.05, 4.69) is 25.3 Å². The Hall–Kier alpha value is -3.85. The van der Waals surface area contributed by atoms with Crippen molar-refractivity contribution >= 4 is 35.3 Å². The summed E-state index contributed by atoms with van der Waals surface area (Å²) in [6.07, 6.45) is -0.473. The summed E-state index contributed by atoms with van der Waals surface area (Å²) >= 11 is 6.48. The van der Waals surface area contributed by atoms with Gasteiger partial charge in [0.25, 0.3) is 0 Å². The molecule has 1 atom stereocenters. The molecule has 9 nitrogen and oxygen atoms in total. The summed E-state index contributed by atoms with van der Waals surface area (Å²) in [6.45, 7) is 5.38. The summed E-state index contributed by atoms with van der Waals surface area (Å²) in [5, 5.41) is 5.81. The summed E-state index contributed by atoms with van der Waals surface area (Å²) < 4.78 is 9.93. The molecular formula is C26H29ClN4O5. The molecule has 0 bridgehead atoms. The van der Waals surface area contributed by atoms with Gasteiger partial charge in [0.05, 0.1) is 13.2 Å². The van der Waals surface area contributed by atoms with Crippen molar-refractivity contribution in [3.63, 3.8) is 0 Å². The summed E-state index contributed by atoms with van der Waals surface area (Å²) in [5.41, 5.74) is 2.04. The number of hydrogen-bond donors (Lipinski definition) is 3. The van der Waals surface area contributed by atoms with Crippen molar-refractivity contribution in [2.75, 3.05) is 12.4 Å². The third-order valence-corrected chi connectivity index (χ3v) is 5.23. The first-order chi connectivity index (χ1) is 17.0. The number of aromatic amines is 1. The molecule has 0 saturated carbocycles. The second-order valence-electron chi connectivity index (χ2n) is 9.05. The number of H-pyrrole nitrogens is 1. The van der Waals surface area contributed by atoms with E-state index in [1.165, 1.54) is 7.11 Å². The molecule has 10 heteroatoms. The van der Waals surface area contributed by atoms with Crippen molar-refractivity contribution in [3.05, 3.63) is 71.1 Å². The number of alkyl carbamates (subject to hydrolysis) is 1. The lowest BCUT2D eigenvalue weighted by Gasteiger charge is -2.23. The zero-order chi connectivity index (χ0) is 26.3. The van der Waals surface area contributed by atoms with Crippen LogP contribution in [0.25, 0.3) is 11.3 Å². The fourth-order valence-corrected chi connectivity index (χ4v) is 3.61. The highest BCUT2D eigenvalue weighted by Gasteiger charge is 2.24. The molecule has 0 aliphatic heterocycles. The van der Waals surface area contributed by atoms with Gasteiger partial charge in [0.15, 0.2) is 0 Å². The maximum absolute atomic E-state index is 12.5. The number of anilines is 1. The molecule has 0 spiro atoms. The van der Waals surface area contributed by atoms with Crippen molar-refractivity contribution in [1.29, 1.82) is 0 Å². The Kier molecular flexibility index (Phi) is 8.71. The topological polar surface area (TPSA) is 122 Å². The van der Waals surface area contributed by atoms with E-state index in [-0.39, 0.29) is 6.42 Å². The van der Waals surface area contributed by atoms with Crippen LogP contribution in [0.2, 0.25) is 5.15 Å². The number of esters is 1. The second kappa shape index (κ2) is 11.7. The molecule has 3 N–H and O–H groups in total. The predicted octanol–water partition coefficient (Wildman–Crippen LogP) is 5.04. The predicted molar refractivity (Wildman–Crippen MR) is 137 cm³/mol. The molecule has 0 aliphatic carbocycles. The number of benzene rings is 2. The molecular weight excluding hydrogens is 484 g/mol. The summed E-state index contributed by atoms with van der Waals surface area (Å²) in [4.78, 5) is 43.4. The van der Waals surface area contributed by atoms with Gasteiger partial charge in [-0.1, -0.05) is 54.1 Å². The Morgan fingerprint density at radius 3 is 2.33 bits per heavy atom. The van der Waals surface area contributed by atoms with Crippen LogP contribution < -0.4 is 10.6 Å². The van der Waals surface area contributed by atoms with Gasteiger partial charge in [0, 0.05) is 17.7 Å². The lowest BCUT2D eigenvalue weighted by atomic mass is 10.1. The largest absolute Gasteiger partial charge is 0.469 e. The average molecular weight is 513 g/mol. The van der Waals surface area contributed by atoms with Gasteiger partial charge in [0.2, 0.25) is 5.91 Å². The van der Waals surface area contributed by atoms with Crippen LogP contribution in [-0.4, -0.2) is 40.6 Å². The Balaban J connectivity index is 1.80. The number of halogens is 1. The Bertz CT molecular complexity index is 1200. The number of nitrogens with one attached hydrogen (secondary N) is 3. The smallest absolute Gasteiger partial charge is 0.408 e. The Morgan fingerprint density at radius 1 is 1.06 bits per heavy atom. The first-order valence-electron chi connectivity index (χ1n) is 11.3. The van der Waals surface area contributed by atoms with E-state index in [0.717, 1.165) is 5.56 Å². The van der Waals surface area contributed by atoms with Gasteiger partial charge < -0.3 is 25.1 Å². The minimum Gasteiger partial charge on any atom is -0.469 e. The van der Waals surface area contributed by atoms with Crippen LogP contribution in [0.5, 0.6) is 0 Å². The second-order valence-corrected chi connectivity index (χ2v) is 9.43. The Labute approximate surface area is 214 Å². The fourth-order valence-electron chi connectivity index (χ4n) is 3.36. The van der Waals surface area contributed by atoms with Crippen molar-refractivity contribution in [1.82, 2.24) is 15.3 Å². The molecule has 0 radical (unpaired) electrons. The number of carbonyl (C=O) groups excluding carboxylic acids is 3. The zero-order valence-electron chi connectivity index (χ0n) is 20.6. The number of imidazole rings is 1. The zero-order valence-corrected chi connectivity index (χ0v) is 21.3. The maximum atomic E-state index is 12.5. The van der Waals surface area contributed by atoms with E-state index in [0.29, 0.717) is 34.3 Å². The fraction of sp³-hybridized carbons (Fsp3) is 0.308. The van der Waals surface area contributed by atoms with Crippen LogP contribution in [-0.2, 0) is 25.5 Å². The van der Waals surface area contributed by atoms with Crippen LogP contribution in [0.1, 0.15) is 44.6 Å². The highest BCUT2D eigenvalue weighted by Crippen LogP contribution is 2.29. The molecule has 3 aromatic rings. The lowest BCUT2D eigenvalue weighted by molar-refractivity contribution is -0.142. The molecule has 0 aliphatic rings. The maximum Gasteiger partial charge on any atom is 0.408 e. The van der Waals surface area contributed by atoms with Crippen LogP contribution in [0, 0.1) is 0 Å². The minimum absolute atomic E-state index is 0.302. The first-order valence-corrected chi connectivity index (χ1v) is 11.7. The molecule has 1 aromatic heterocycles. The third kappa shape index (κ3) is 7.84. The number of ether oxygens (including phenoxy) is 2. The van der Waals surface area contributed by atoms with E-state index in [9.17, 15) is 14.4 Å². The van der Waals surface area contributed by atoms with Gasteiger partial charge in [-0.25, -0.2) is 9.78 Å². The Morgan fingerprint density at radius 2 is 1.72 bits per heavy atom. The molecule has 190 valence electrons. The van der Waals surface area contributed by atoms with Gasteiger partial charge >= 0.3 is 12.1 Å². The van der Waals surface area contributed by atoms with E-state index >= 15 is 0 Å². The highest BCUT2D eigenvalue weighted by atomic mass is 35.5. The van der Waals surface area contributed by atoms with Crippen molar-refractivity contribution in [2.24, 2.45) is 0 Å². The monoisotopic (exact) mass is 512 g/mol. The number of methoxy groups -OCH3 is 1. The normalized spacial score (nSPS) is 11.9. The van der Waals surface area contributed by atoms with E-state index in [1.807, 2.05) is 30.3 Å². The van der Waals surface area contributed by atoms with Crippen LogP contribution in [0.4, 0.5) is 10.5 Å². The first kappa shape index (κ1) is 26.7. The van der Waals surface area contributed by atoms with Crippen LogP contribution in [0.15, 0.2) is 54.6 Å². The van der Waals surface area contributed by atoms with Crippen LogP contribution >= 0.6 is 11.6 Å². The molecule has 1 heterocycles. The lowest BCUT2D eigenvalue weighted by Crippen LogP contribution is -2.36. The van der Waals surface area contributed by atoms with Gasteiger partial charge in [-0.2, -0.15) is 0 Å². The number of nitrogens with zero attached hydrogens (tertiary/aromatic N) is 1. The number of rotatable bonds is 8. The van der Waals surface area contributed by atoms with Crippen molar-refractivity contribution in [2.45, 2.75) is 45.3 Å². The van der Waals surface area contributed by atoms with Crippen molar-refractivity contribution < 1.29 is 23.9 Å². The van der Waals surface area contributed by atoms with Crippen LogP contribution in [0.3, 0.4) is 0 Å². The quantitative estimate of drug-likeness (QED) is 0.287. The highest BCUT2D eigenvalue weighted by molar-refractivity contribution is 6.31. The molecule has 2 aromatic carbocycles. The summed E-state index contributed by atoms with van der Waals surface area (Å²) in [6, 6.07) is 16.0. The van der Waals surface area contributed by atoms with Gasteiger partial charge in [-0.3, -0.25) is 9.59 Å². The molecule has 0 fully saturated rings. The standard InChI is InChI=1S/C26H29ClN4O5/c1-26(2,3)36-25(34)29-19(14-16-8-6-5-7-9-16)24-30-22(23(27)31-24)17-10-12-18(13-11-17)28-20(32)15-21(33)35-4/h5-13,19H,14-15H2,1-4H3,(H,28,32)(H,29,34)(H,30,31). The number of amides is 2. The average Bonchev–Trinajstić information content (AvgIpc) is 3.20. The molecule has 1 unspecified atom stereocenters. The molecule has 36 heavy (non-hydrogen) atoms. The van der Waals surface area contributed by atoms with E-state index in [1.54, 1.807) is 45.0 Å². The van der Waals surface area contributed by atoms with Crippen molar-refractivity contribution in [3.8, 4) is 11.3 Å². The van der Waals surface area contributed by atoms with Gasteiger partial charge in [0.1, 0.15) is 28.7 Å². The number of carbonyl (C=O) groups is 3. The molecule has 2 amide bonds. The van der Waals surface area contributed by atoms with E-state index < -0.39 is 29.6 Å². The van der Waals surface area contributed by atoms with Gasteiger partial charge in [-0.05, 0) is 38.5 Å². The molecule has 0 saturated heterocycles. The van der Waals surface area contributed by atoms with Gasteiger partial charge in [-0.15, -0.1) is 0 Å². The number of aromatic nitrogens is 2. The summed E-state index contributed by atoms with van der Waals surface area (Å²) in [7, 11) is 1.22. The molecule has 3 rings (SSSR count). The third-order valence-electron chi connectivity index (χ3n) is 4.96.